The second-order valence-corrected chi connectivity index (χ2v) is 10.2. The van der Waals surface area contributed by atoms with Crippen LogP contribution in [-0.2, 0) is 25.5 Å². The second-order valence-electron chi connectivity index (χ2n) is 10.2. The summed E-state index contributed by atoms with van der Waals surface area (Å²) < 4.78 is 19.1. The number of carbonyl (C=O) groups is 1. The molecule has 5 nitrogen and oxygen atoms in total. The van der Waals surface area contributed by atoms with E-state index < -0.39 is 0 Å². The number of pyridine rings is 1. The molecule has 1 fully saturated rings. The first-order valence-corrected chi connectivity index (χ1v) is 14.6. The van der Waals surface area contributed by atoms with E-state index in [0.29, 0.717) is 19.6 Å². The Kier molecular flexibility index (Phi) is 17.6. The Bertz CT molecular complexity index is 624. The van der Waals surface area contributed by atoms with Crippen LogP contribution in [0, 0.1) is 0 Å². The monoisotopic (exact) mass is 490 g/mol. The van der Waals surface area contributed by atoms with Crippen LogP contribution >= 0.6 is 0 Å². The quantitative estimate of drug-likeness (QED) is 0.0972. The predicted molar refractivity (Wildman–Crippen MR) is 141 cm³/mol. The van der Waals surface area contributed by atoms with Gasteiger partial charge in [-0.05, 0) is 12.8 Å². The molecule has 2 atom stereocenters. The summed E-state index contributed by atoms with van der Waals surface area (Å²) in [6.45, 7) is 3.93. The third-order valence-electron chi connectivity index (χ3n) is 6.86. The predicted octanol–water partition coefficient (Wildman–Crippen LogP) is 7.30. The SMILES string of the molecule is CCCCCCCCCCCCCCCCCC1OCC(COC(=O)CCC[n+]2ccccc2)O1. The summed E-state index contributed by atoms with van der Waals surface area (Å²) in [6.07, 6.45) is 26.5. The summed E-state index contributed by atoms with van der Waals surface area (Å²) >= 11 is 0. The molecule has 0 bridgehead atoms. The van der Waals surface area contributed by atoms with Crippen LogP contribution in [0.2, 0.25) is 0 Å². The molecule has 35 heavy (non-hydrogen) atoms. The van der Waals surface area contributed by atoms with Gasteiger partial charge in [0, 0.05) is 18.6 Å². The van der Waals surface area contributed by atoms with Crippen LogP contribution in [0.15, 0.2) is 30.6 Å². The number of ether oxygens (including phenoxy) is 3. The van der Waals surface area contributed by atoms with Gasteiger partial charge in [0.05, 0.1) is 13.0 Å². The van der Waals surface area contributed by atoms with Gasteiger partial charge in [0.2, 0.25) is 0 Å². The second kappa shape index (κ2) is 20.7. The minimum Gasteiger partial charge on any atom is -0.463 e. The molecule has 5 heteroatoms. The molecule has 0 radical (unpaired) electrons. The van der Waals surface area contributed by atoms with Crippen LogP contribution < -0.4 is 4.57 Å². The van der Waals surface area contributed by atoms with Gasteiger partial charge in [-0.3, -0.25) is 4.79 Å². The van der Waals surface area contributed by atoms with E-state index in [1.54, 1.807) is 0 Å². The van der Waals surface area contributed by atoms with Crippen molar-refractivity contribution >= 4 is 5.97 Å². The Hall–Kier alpha value is -1.46. The fourth-order valence-corrected chi connectivity index (χ4v) is 4.68. The van der Waals surface area contributed by atoms with E-state index in [9.17, 15) is 4.79 Å². The Morgan fingerprint density at radius 3 is 1.97 bits per heavy atom. The number of nitrogens with zero attached hydrogens (tertiary/aromatic N) is 1. The molecule has 2 unspecified atom stereocenters. The van der Waals surface area contributed by atoms with Crippen molar-refractivity contribution in [3.8, 4) is 0 Å². The highest BCUT2D eigenvalue weighted by molar-refractivity contribution is 5.69. The van der Waals surface area contributed by atoms with E-state index >= 15 is 0 Å². The molecular weight excluding hydrogens is 438 g/mol. The van der Waals surface area contributed by atoms with E-state index in [2.05, 4.69) is 11.5 Å². The van der Waals surface area contributed by atoms with Crippen molar-refractivity contribution in [3.05, 3.63) is 30.6 Å². The fraction of sp³-hybridized carbons (Fsp3) is 0.800. The summed E-state index contributed by atoms with van der Waals surface area (Å²) in [4.78, 5) is 12.0. The summed E-state index contributed by atoms with van der Waals surface area (Å²) in [5.41, 5.74) is 0. The van der Waals surface area contributed by atoms with E-state index in [1.165, 1.54) is 89.9 Å². The number of aromatic nitrogens is 1. The normalized spacial score (nSPS) is 17.6. The van der Waals surface area contributed by atoms with Gasteiger partial charge in [-0.2, -0.15) is 0 Å². The standard InChI is InChI=1S/C30H52NO4/c1-2-3-4-5-6-7-8-9-10-11-12-13-14-15-17-22-30-34-27-28(35-30)26-33-29(32)21-20-25-31-23-18-16-19-24-31/h16,18-19,23-24,28,30H,2-15,17,20-22,25-27H2,1H3/q+1. The molecule has 1 aliphatic rings. The third kappa shape index (κ3) is 16.0. The van der Waals surface area contributed by atoms with Crippen molar-refractivity contribution in [2.45, 2.75) is 141 Å². The Morgan fingerprint density at radius 1 is 0.800 bits per heavy atom. The topological polar surface area (TPSA) is 48.6 Å². The number of hydrogen-bond donors (Lipinski definition) is 0. The number of esters is 1. The summed E-state index contributed by atoms with van der Waals surface area (Å²) in [5.74, 6) is -0.156. The van der Waals surface area contributed by atoms with E-state index in [-0.39, 0.29) is 18.4 Å². The molecule has 0 saturated carbocycles. The Labute approximate surface area is 214 Å². The molecule has 2 heterocycles. The van der Waals surface area contributed by atoms with Crippen LogP contribution in [0.25, 0.3) is 0 Å². The maximum atomic E-state index is 12.0. The molecule has 0 amide bonds. The molecule has 0 spiro atoms. The van der Waals surface area contributed by atoms with E-state index in [0.717, 1.165) is 25.8 Å². The van der Waals surface area contributed by atoms with Crippen LogP contribution in [-0.4, -0.2) is 31.6 Å². The lowest BCUT2D eigenvalue weighted by Crippen LogP contribution is -2.32. The number of unbranched alkanes of at least 4 members (excludes halogenated alkanes) is 14. The molecule has 0 aliphatic carbocycles. The molecule has 2 rings (SSSR count). The minimum atomic E-state index is -0.156. The molecule has 1 saturated heterocycles. The van der Waals surface area contributed by atoms with Gasteiger partial charge < -0.3 is 14.2 Å². The van der Waals surface area contributed by atoms with Crippen LogP contribution in [0.1, 0.15) is 122 Å². The van der Waals surface area contributed by atoms with Crippen LogP contribution in [0.4, 0.5) is 0 Å². The first kappa shape index (κ1) is 29.8. The highest BCUT2D eigenvalue weighted by Crippen LogP contribution is 2.19. The summed E-state index contributed by atoms with van der Waals surface area (Å²) in [5, 5.41) is 0. The first-order valence-electron chi connectivity index (χ1n) is 14.6. The average Bonchev–Trinajstić information content (AvgIpc) is 3.33. The number of hydrogen-bond acceptors (Lipinski definition) is 4. The lowest BCUT2D eigenvalue weighted by atomic mass is 10.0. The maximum Gasteiger partial charge on any atom is 0.306 e. The lowest BCUT2D eigenvalue weighted by molar-refractivity contribution is -0.697. The van der Waals surface area contributed by atoms with Gasteiger partial charge in [0.15, 0.2) is 18.7 Å². The van der Waals surface area contributed by atoms with Crippen molar-refractivity contribution in [2.75, 3.05) is 13.2 Å². The third-order valence-corrected chi connectivity index (χ3v) is 6.86. The molecule has 0 aromatic carbocycles. The zero-order valence-corrected chi connectivity index (χ0v) is 22.5. The smallest absolute Gasteiger partial charge is 0.306 e. The van der Waals surface area contributed by atoms with Crippen molar-refractivity contribution in [2.24, 2.45) is 0 Å². The Morgan fingerprint density at radius 2 is 1.37 bits per heavy atom. The minimum absolute atomic E-state index is 0.121. The highest BCUT2D eigenvalue weighted by atomic mass is 16.7. The van der Waals surface area contributed by atoms with Crippen LogP contribution in [0.3, 0.4) is 0 Å². The fourth-order valence-electron chi connectivity index (χ4n) is 4.68. The van der Waals surface area contributed by atoms with Crippen molar-refractivity contribution < 1.29 is 23.6 Å². The first-order chi connectivity index (χ1) is 17.3. The maximum absolute atomic E-state index is 12.0. The van der Waals surface area contributed by atoms with E-state index in [1.807, 2.05) is 30.6 Å². The zero-order chi connectivity index (χ0) is 24.8. The van der Waals surface area contributed by atoms with Gasteiger partial charge in [0.25, 0.3) is 0 Å². The van der Waals surface area contributed by atoms with Crippen molar-refractivity contribution in [1.82, 2.24) is 0 Å². The lowest BCUT2D eigenvalue weighted by Gasteiger charge is -2.12. The highest BCUT2D eigenvalue weighted by Gasteiger charge is 2.26. The number of rotatable bonds is 22. The molecular formula is C30H52NO4+. The average molecular weight is 491 g/mol. The summed E-state index contributed by atoms with van der Waals surface area (Å²) in [7, 11) is 0. The van der Waals surface area contributed by atoms with Crippen molar-refractivity contribution in [3.63, 3.8) is 0 Å². The van der Waals surface area contributed by atoms with Crippen molar-refractivity contribution in [1.29, 1.82) is 0 Å². The largest absolute Gasteiger partial charge is 0.463 e. The molecule has 200 valence electrons. The molecule has 1 aliphatic heterocycles. The van der Waals surface area contributed by atoms with Gasteiger partial charge >= 0.3 is 5.97 Å². The molecule has 1 aromatic rings. The van der Waals surface area contributed by atoms with Gasteiger partial charge in [-0.25, -0.2) is 4.57 Å². The molecule has 1 aromatic heterocycles. The van der Waals surface area contributed by atoms with E-state index in [4.69, 9.17) is 14.2 Å². The zero-order valence-electron chi connectivity index (χ0n) is 22.5. The number of aryl methyl sites for hydroxylation is 1. The van der Waals surface area contributed by atoms with Gasteiger partial charge in [0.1, 0.15) is 19.3 Å². The Balaban J connectivity index is 1.32. The van der Waals surface area contributed by atoms with Gasteiger partial charge in [-0.15, -0.1) is 0 Å². The number of carbonyl (C=O) groups excluding carboxylic acids is 1. The molecule has 0 N–H and O–H groups in total. The summed E-state index contributed by atoms with van der Waals surface area (Å²) in [6, 6.07) is 5.97. The van der Waals surface area contributed by atoms with Crippen LogP contribution in [0.5, 0.6) is 0 Å². The van der Waals surface area contributed by atoms with Gasteiger partial charge in [-0.1, -0.05) is 103 Å².